The Hall–Kier alpha value is -3.39. The molecule has 0 saturated heterocycles. The number of nitrogens with one attached hydrogen (secondary N) is 3. The molecule has 30 heavy (non-hydrogen) atoms. The first kappa shape index (κ1) is 22.9. The topological polar surface area (TPSA) is 109 Å². The van der Waals surface area contributed by atoms with Gasteiger partial charge in [0.25, 0.3) is 5.91 Å². The standard InChI is InChI=1S/C21H23ClN4O4/c1-14(2)11-23-20(28)21(29)26-24-12-15-4-3-5-18(10-15)30-13-19(27)25-17-8-6-16(22)7-9-17/h3-10,12,14H,11,13H2,1-2H3,(H,23,28)(H,25,27)(H,26,29)/b24-12-. The largest absolute Gasteiger partial charge is 0.484 e. The van der Waals surface area contributed by atoms with Gasteiger partial charge in [0.05, 0.1) is 6.21 Å². The minimum absolute atomic E-state index is 0.185. The zero-order valence-electron chi connectivity index (χ0n) is 16.6. The van der Waals surface area contributed by atoms with Crippen LogP contribution in [0.25, 0.3) is 0 Å². The van der Waals surface area contributed by atoms with E-state index in [0.29, 0.717) is 28.6 Å². The van der Waals surface area contributed by atoms with Crippen molar-refractivity contribution in [3.63, 3.8) is 0 Å². The van der Waals surface area contributed by atoms with Crippen molar-refractivity contribution in [2.24, 2.45) is 11.0 Å². The Morgan fingerprint density at radius 1 is 1.10 bits per heavy atom. The van der Waals surface area contributed by atoms with Crippen molar-refractivity contribution in [3.05, 3.63) is 59.1 Å². The second-order valence-electron chi connectivity index (χ2n) is 6.72. The third-order valence-electron chi connectivity index (χ3n) is 3.61. The molecular formula is C21H23ClN4O4. The summed E-state index contributed by atoms with van der Waals surface area (Å²) in [5, 5.41) is 9.53. The molecule has 0 spiro atoms. The van der Waals surface area contributed by atoms with E-state index >= 15 is 0 Å². The van der Waals surface area contributed by atoms with E-state index in [2.05, 4.69) is 21.2 Å². The van der Waals surface area contributed by atoms with Crippen molar-refractivity contribution in [3.8, 4) is 5.75 Å². The number of amides is 3. The Labute approximate surface area is 179 Å². The van der Waals surface area contributed by atoms with Crippen molar-refractivity contribution in [1.82, 2.24) is 10.7 Å². The number of rotatable bonds is 8. The van der Waals surface area contributed by atoms with Crippen LogP contribution in [0.15, 0.2) is 53.6 Å². The molecule has 9 heteroatoms. The molecule has 3 amide bonds. The van der Waals surface area contributed by atoms with Crippen LogP contribution in [-0.2, 0) is 14.4 Å². The van der Waals surface area contributed by atoms with E-state index in [1.165, 1.54) is 6.21 Å². The van der Waals surface area contributed by atoms with Crippen molar-refractivity contribution in [2.45, 2.75) is 13.8 Å². The SMILES string of the molecule is CC(C)CNC(=O)C(=O)N/N=C\c1cccc(OCC(=O)Nc2ccc(Cl)cc2)c1. The smallest absolute Gasteiger partial charge is 0.329 e. The number of anilines is 1. The van der Waals surface area contributed by atoms with Crippen LogP contribution in [0.1, 0.15) is 19.4 Å². The first-order chi connectivity index (χ1) is 14.3. The molecule has 0 radical (unpaired) electrons. The lowest BCUT2D eigenvalue weighted by Crippen LogP contribution is -2.39. The van der Waals surface area contributed by atoms with Crippen molar-refractivity contribution < 1.29 is 19.1 Å². The van der Waals surface area contributed by atoms with E-state index in [4.69, 9.17) is 16.3 Å². The number of hydrogen-bond donors (Lipinski definition) is 3. The minimum Gasteiger partial charge on any atom is -0.484 e. The molecule has 0 aliphatic heterocycles. The lowest BCUT2D eigenvalue weighted by atomic mass is 10.2. The number of benzene rings is 2. The van der Waals surface area contributed by atoms with Crippen LogP contribution < -0.4 is 20.8 Å². The van der Waals surface area contributed by atoms with Crippen molar-refractivity contribution >= 4 is 41.2 Å². The van der Waals surface area contributed by atoms with Gasteiger partial charge in [-0.1, -0.05) is 37.6 Å². The Morgan fingerprint density at radius 3 is 2.53 bits per heavy atom. The van der Waals surface area contributed by atoms with Gasteiger partial charge < -0.3 is 15.4 Å². The molecule has 2 aromatic carbocycles. The molecule has 8 nitrogen and oxygen atoms in total. The first-order valence-corrected chi connectivity index (χ1v) is 9.61. The fourth-order valence-corrected chi connectivity index (χ4v) is 2.28. The number of halogens is 1. The highest BCUT2D eigenvalue weighted by Gasteiger charge is 2.12. The number of ether oxygens (including phenoxy) is 1. The van der Waals surface area contributed by atoms with Gasteiger partial charge >= 0.3 is 11.8 Å². The zero-order chi connectivity index (χ0) is 21.9. The highest BCUT2D eigenvalue weighted by molar-refractivity contribution is 6.35. The van der Waals surface area contributed by atoms with Gasteiger partial charge in [0.2, 0.25) is 0 Å². The molecule has 0 aromatic heterocycles. The van der Waals surface area contributed by atoms with Gasteiger partial charge in [-0.15, -0.1) is 0 Å². The van der Waals surface area contributed by atoms with Gasteiger partial charge in [-0.25, -0.2) is 5.43 Å². The second kappa shape index (κ2) is 11.6. The van der Waals surface area contributed by atoms with E-state index in [1.807, 2.05) is 13.8 Å². The number of hydrazone groups is 1. The van der Waals surface area contributed by atoms with Gasteiger partial charge in [0, 0.05) is 17.3 Å². The predicted octanol–water partition coefficient (Wildman–Crippen LogP) is 2.58. The summed E-state index contributed by atoms with van der Waals surface area (Å²) >= 11 is 5.81. The number of carbonyl (C=O) groups excluding carboxylic acids is 3. The maximum Gasteiger partial charge on any atom is 0.329 e. The molecular weight excluding hydrogens is 408 g/mol. The average molecular weight is 431 g/mol. The predicted molar refractivity (Wildman–Crippen MR) is 116 cm³/mol. The summed E-state index contributed by atoms with van der Waals surface area (Å²) in [4.78, 5) is 35.2. The fourth-order valence-electron chi connectivity index (χ4n) is 2.16. The second-order valence-corrected chi connectivity index (χ2v) is 7.16. The van der Waals surface area contributed by atoms with Gasteiger partial charge in [-0.2, -0.15) is 5.10 Å². The molecule has 0 aliphatic rings. The highest BCUT2D eigenvalue weighted by Crippen LogP contribution is 2.14. The minimum atomic E-state index is -0.849. The van der Waals surface area contributed by atoms with Crippen LogP contribution in [0.4, 0.5) is 5.69 Å². The summed E-state index contributed by atoms with van der Waals surface area (Å²) in [7, 11) is 0. The van der Waals surface area contributed by atoms with Gasteiger partial charge in [0.1, 0.15) is 5.75 Å². The average Bonchev–Trinajstić information content (AvgIpc) is 2.72. The number of nitrogens with zero attached hydrogens (tertiary/aromatic N) is 1. The summed E-state index contributed by atoms with van der Waals surface area (Å²) in [5.41, 5.74) is 3.39. The summed E-state index contributed by atoms with van der Waals surface area (Å²) in [6.07, 6.45) is 1.37. The van der Waals surface area contributed by atoms with Gasteiger partial charge in [0.15, 0.2) is 6.61 Å². The van der Waals surface area contributed by atoms with Crippen LogP contribution >= 0.6 is 11.6 Å². The number of carbonyl (C=O) groups is 3. The maximum absolute atomic E-state index is 12.0. The molecule has 2 aromatic rings. The van der Waals surface area contributed by atoms with E-state index in [1.54, 1.807) is 48.5 Å². The fraction of sp³-hybridized carbons (Fsp3) is 0.238. The third kappa shape index (κ3) is 8.32. The monoisotopic (exact) mass is 430 g/mol. The Morgan fingerprint density at radius 2 is 1.83 bits per heavy atom. The van der Waals surface area contributed by atoms with Gasteiger partial charge in [-0.3, -0.25) is 14.4 Å². The van der Waals surface area contributed by atoms with Crippen molar-refractivity contribution in [1.29, 1.82) is 0 Å². The summed E-state index contributed by atoms with van der Waals surface area (Å²) < 4.78 is 5.47. The quantitative estimate of drug-likeness (QED) is 0.339. The van der Waals surface area contributed by atoms with E-state index in [-0.39, 0.29) is 18.4 Å². The molecule has 0 heterocycles. The molecule has 0 bridgehead atoms. The van der Waals surface area contributed by atoms with Crippen LogP contribution in [-0.4, -0.2) is 37.1 Å². The zero-order valence-corrected chi connectivity index (χ0v) is 17.4. The van der Waals surface area contributed by atoms with Crippen LogP contribution in [0.2, 0.25) is 5.02 Å². The normalized spacial score (nSPS) is 10.7. The van der Waals surface area contributed by atoms with E-state index < -0.39 is 11.8 Å². The van der Waals surface area contributed by atoms with Crippen molar-refractivity contribution in [2.75, 3.05) is 18.5 Å². The lowest BCUT2D eigenvalue weighted by molar-refractivity contribution is -0.139. The molecule has 0 saturated carbocycles. The molecule has 3 N–H and O–H groups in total. The molecule has 0 atom stereocenters. The highest BCUT2D eigenvalue weighted by atomic mass is 35.5. The molecule has 2 rings (SSSR count). The Balaban J connectivity index is 1.81. The molecule has 158 valence electrons. The summed E-state index contributed by atoms with van der Waals surface area (Å²) in [5.74, 6) is -1.23. The number of hydrogen-bond acceptors (Lipinski definition) is 5. The lowest BCUT2D eigenvalue weighted by Gasteiger charge is -2.08. The summed E-state index contributed by atoms with van der Waals surface area (Å²) in [6.45, 7) is 4.07. The Kier molecular flexibility index (Phi) is 8.83. The maximum atomic E-state index is 12.0. The molecule has 0 unspecified atom stereocenters. The van der Waals surface area contributed by atoms with E-state index in [9.17, 15) is 14.4 Å². The summed E-state index contributed by atoms with van der Waals surface area (Å²) in [6, 6.07) is 13.5. The third-order valence-corrected chi connectivity index (χ3v) is 3.86. The van der Waals surface area contributed by atoms with E-state index in [0.717, 1.165) is 0 Å². The molecule has 0 aliphatic carbocycles. The molecule has 0 fully saturated rings. The van der Waals surface area contributed by atoms with Crippen LogP contribution in [0.3, 0.4) is 0 Å². The van der Waals surface area contributed by atoms with Crippen LogP contribution in [0.5, 0.6) is 5.75 Å². The van der Waals surface area contributed by atoms with Crippen LogP contribution in [0, 0.1) is 5.92 Å². The first-order valence-electron chi connectivity index (χ1n) is 9.23. The van der Waals surface area contributed by atoms with Gasteiger partial charge in [-0.05, 0) is 47.9 Å². The Bertz CT molecular complexity index is 913.